The molecule has 3 nitrogen and oxygen atoms in total. The second-order valence-electron chi connectivity index (χ2n) is 4.55. The van der Waals surface area contributed by atoms with E-state index in [1.807, 2.05) is 31.2 Å². The molecule has 0 aromatic heterocycles. The van der Waals surface area contributed by atoms with Crippen molar-refractivity contribution < 1.29 is 9.90 Å². The maximum atomic E-state index is 11.0. The van der Waals surface area contributed by atoms with E-state index in [9.17, 15) is 4.79 Å². The smallest absolute Gasteiger partial charge is 0.305 e. The Balaban J connectivity index is 2.31. The van der Waals surface area contributed by atoms with E-state index in [2.05, 4.69) is 5.32 Å². The molecule has 1 aliphatic heterocycles. The van der Waals surface area contributed by atoms with E-state index >= 15 is 0 Å². The predicted octanol–water partition coefficient (Wildman–Crippen LogP) is 2.05. The van der Waals surface area contributed by atoms with Crippen LogP contribution in [0, 0.1) is 6.92 Å². The third kappa shape index (κ3) is 2.09. The summed E-state index contributed by atoms with van der Waals surface area (Å²) in [5, 5.41) is 12.4. The van der Waals surface area contributed by atoms with Gasteiger partial charge in [-0.3, -0.25) is 4.79 Å². The number of carbonyl (C=O) groups is 1. The summed E-state index contributed by atoms with van der Waals surface area (Å²) in [4.78, 5) is 11.0. The molecular formula is C13H17NO2. The summed E-state index contributed by atoms with van der Waals surface area (Å²) in [6.07, 6.45) is 2.11. The standard InChI is InChI=1S/C13H17NO2/c1-10-3-5-11(6-4-10)13(9-12(15)16)7-2-8-14-13/h3-6,14H,2,7-9H2,1H3,(H,15,16). The van der Waals surface area contributed by atoms with Crippen LogP contribution in [-0.4, -0.2) is 17.6 Å². The zero-order valence-corrected chi connectivity index (χ0v) is 9.49. The van der Waals surface area contributed by atoms with Crippen molar-refractivity contribution in [2.24, 2.45) is 0 Å². The quantitative estimate of drug-likeness (QED) is 0.818. The molecule has 2 N–H and O–H groups in total. The first-order valence-electron chi connectivity index (χ1n) is 5.66. The van der Waals surface area contributed by atoms with Gasteiger partial charge in [-0.05, 0) is 31.9 Å². The number of benzene rings is 1. The molecule has 1 fully saturated rings. The molecular weight excluding hydrogens is 202 g/mol. The van der Waals surface area contributed by atoms with Crippen LogP contribution in [0.1, 0.15) is 30.4 Å². The van der Waals surface area contributed by atoms with Crippen LogP contribution >= 0.6 is 0 Å². The van der Waals surface area contributed by atoms with Crippen molar-refractivity contribution >= 4 is 5.97 Å². The highest BCUT2D eigenvalue weighted by Gasteiger charge is 2.37. The Morgan fingerprint density at radius 2 is 2.12 bits per heavy atom. The molecule has 1 heterocycles. The van der Waals surface area contributed by atoms with Crippen LogP contribution in [0.15, 0.2) is 24.3 Å². The molecule has 3 heteroatoms. The van der Waals surface area contributed by atoms with E-state index < -0.39 is 5.97 Å². The van der Waals surface area contributed by atoms with Gasteiger partial charge in [0.25, 0.3) is 0 Å². The summed E-state index contributed by atoms with van der Waals surface area (Å²) in [6, 6.07) is 8.16. The number of carboxylic acids is 1. The highest BCUT2D eigenvalue weighted by Crippen LogP contribution is 2.34. The Kier molecular flexibility index (Phi) is 2.97. The van der Waals surface area contributed by atoms with Gasteiger partial charge < -0.3 is 10.4 Å². The molecule has 0 aliphatic carbocycles. The molecule has 1 aromatic rings. The van der Waals surface area contributed by atoms with Gasteiger partial charge in [0.1, 0.15) is 0 Å². The molecule has 1 aromatic carbocycles. The van der Waals surface area contributed by atoms with Crippen molar-refractivity contribution in [1.29, 1.82) is 0 Å². The largest absolute Gasteiger partial charge is 0.481 e. The zero-order valence-electron chi connectivity index (χ0n) is 9.49. The molecule has 2 rings (SSSR count). The fourth-order valence-electron chi connectivity index (χ4n) is 2.44. The van der Waals surface area contributed by atoms with Crippen LogP contribution in [0.25, 0.3) is 0 Å². The van der Waals surface area contributed by atoms with Gasteiger partial charge in [-0.2, -0.15) is 0 Å². The lowest BCUT2D eigenvalue weighted by atomic mass is 9.85. The fraction of sp³-hybridized carbons (Fsp3) is 0.462. The normalized spacial score (nSPS) is 24.6. The van der Waals surface area contributed by atoms with Crippen LogP contribution in [0.5, 0.6) is 0 Å². The van der Waals surface area contributed by atoms with Gasteiger partial charge in [-0.15, -0.1) is 0 Å². The van der Waals surface area contributed by atoms with E-state index in [-0.39, 0.29) is 12.0 Å². The summed E-state index contributed by atoms with van der Waals surface area (Å²) < 4.78 is 0. The first-order valence-corrected chi connectivity index (χ1v) is 5.66. The molecule has 1 unspecified atom stereocenters. The van der Waals surface area contributed by atoms with E-state index in [4.69, 9.17) is 5.11 Å². The monoisotopic (exact) mass is 219 g/mol. The molecule has 1 atom stereocenters. The molecule has 1 aliphatic rings. The van der Waals surface area contributed by atoms with Crippen molar-refractivity contribution in [3.05, 3.63) is 35.4 Å². The van der Waals surface area contributed by atoms with Crippen LogP contribution in [0.4, 0.5) is 0 Å². The predicted molar refractivity (Wildman–Crippen MR) is 62.3 cm³/mol. The molecule has 0 amide bonds. The van der Waals surface area contributed by atoms with E-state index in [1.165, 1.54) is 5.56 Å². The Morgan fingerprint density at radius 1 is 1.44 bits per heavy atom. The molecule has 0 saturated carbocycles. The van der Waals surface area contributed by atoms with Gasteiger partial charge in [0.2, 0.25) is 0 Å². The van der Waals surface area contributed by atoms with Crippen LogP contribution in [0.3, 0.4) is 0 Å². The number of hydrogen-bond donors (Lipinski definition) is 2. The van der Waals surface area contributed by atoms with Crippen molar-refractivity contribution in [3.63, 3.8) is 0 Å². The molecule has 0 bridgehead atoms. The lowest BCUT2D eigenvalue weighted by Crippen LogP contribution is -2.38. The summed E-state index contributed by atoms with van der Waals surface area (Å²) in [5.41, 5.74) is 1.95. The minimum atomic E-state index is -0.741. The third-order valence-electron chi connectivity index (χ3n) is 3.30. The maximum Gasteiger partial charge on any atom is 0.305 e. The van der Waals surface area contributed by atoms with Gasteiger partial charge in [-0.25, -0.2) is 0 Å². The van der Waals surface area contributed by atoms with Gasteiger partial charge in [-0.1, -0.05) is 29.8 Å². The Labute approximate surface area is 95.5 Å². The second kappa shape index (κ2) is 4.26. The SMILES string of the molecule is Cc1ccc(C2(CC(=O)O)CCCN2)cc1. The topological polar surface area (TPSA) is 49.3 Å². The average Bonchev–Trinajstić information content (AvgIpc) is 2.67. The molecule has 1 saturated heterocycles. The van der Waals surface area contributed by atoms with Crippen LogP contribution in [-0.2, 0) is 10.3 Å². The summed E-state index contributed by atoms with van der Waals surface area (Å²) in [6.45, 7) is 2.94. The molecule has 16 heavy (non-hydrogen) atoms. The second-order valence-corrected chi connectivity index (χ2v) is 4.55. The summed E-state index contributed by atoms with van der Waals surface area (Å²) in [5.74, 6) is -0.741. The Bertz CT molecular complexity index is 377. The lowest BCUT2D eigenvalue weighted by Gasteiger charge is -2.28. The highest BCUT2D eigenvalue weighted by molar-refractivity contribution is 5.69. The Morgan fingerprint density at radius 3 is 2.62 bits per heavy atom. The molecule has 0 spiro atoms. The number of aliphatic carboxylic acids is 1. The van der Waals surface area contributed by atoms with E-state index in [0.29, 0.717) is 0 Å². The van der Waals surface area contributed by atoms with Crippen LogP contribution in [0.2, 0.25) is 0 Å². The molecule has 86 valence electrons. The van der Waals surface area contributed by atoms with E-state index in [0.717, 1.165) is 24.9 Å². The summed E-state index contributed by atoms with van der Waals surface area (Å²) >= 11 is 0. The number of rotatable bonds is 3. The lowest BCUT2D eigenvalue weighted by molar-refractivity contribution is -0.138. The first-order chi connectivity index (χ1) is 7.62. The molecule has 0 radical (unpaired) electrons. The van der Waals surface area contributed by atoms with Gasteiger partial charge in [0.15, 0.2) is 0 Å². The maximum absolute atomic E-state index is 11.0. The average molecular weight is 219 g/mol. The van der Waals surface area contributed by atoms with Crippen LogP contribution < -0.4 is 5.32 Å². The number of nitrogens with one attached hydrogen (secondary N) is 1. The number of carboxylic acid groups (broad SMARTS) is 1. The minimum absolute atomic E-state index is 0.163. The fourth-order valence-corrected chi connectivity index (χ4v) is 2.44. The zero-order chi connectivity index (χ0) is 11.6. The van der Waals surface area contributed by atoms with Gasteiger partial charge >= 0.3 is 5.97 Å². The minimum Gasteiger partial charge on any atom is -0.481 e. The third-order valence-corrected chi connectivity index (χ3v) is 3.30. The van der Waals surface area contributed by atoms with E-state index in [1.54, 1.807) is 0 Å². The van der Waals surface area contributed by atoms with Crippen molar-refractivity contribution in [1.82, 2.24) is 5.32 Å². The number of aryl methyl sites for hydroxylation is 1. The van der Waals surface area contributed by atoms with Crippen molar-refractivity contribution in [2.45, 2.75) is 31.7 Å². The van der Waals surface area contributed by atoms with Crippen molar-refractivity contribution in [2.75, 3.05) is 6.54 Å². The number of hydrogen-bond acceptors (Lipinski definition) is 2. The van der Waals surface area contributed by atoms with Gasteiger partial charge in [0, 0.05) is 0 Å². The highest BCUT2D eigenvalue weighted by atomic mass is 16.4. The first kappa shape index (κ1) is 11.1. The van der Waals surface area contributed by atoms with Gasteiger partial charge in [0.05, 0.1) is 12.0 Å². The summed E-state index contributed by atoms with van der Waals surface area (Å²) in [7, 11) is 0. The Hall–Kier alpha value is -1.35. The van der Waals surface area contributed by atoms with Crippen molar-refractivity contribution in [3.8, 4) is 0 Å².